The zero-order valence-electron chi connectivity index (χ0n) is 12.2. The van der Waals surface area contributed by atoms with Gasteiger partial charge in [-0.3, -0.25) is 9.78 Å². The van der Waals surface area contributed by atoms with Gasteiger partial charge in [-0.05, 0) is 12.1 Å². The van der Waals surface area contributed by atoms with E-state index >= 15 is 0 Å². The standard InChI is InChI=1S/C15H16N4O3/c1-21-13-14(18-8-7-17-13)22-11-5-9-19(10-11)15(20)12-4-2-3-6-16-12/h2-4,6-8,11H,5,9-10H2,1H3. The summed E-state index contributed by atoms with van der Waals surface area (Å²) < 4.78 is 10.9. The van der Waals surface area contributed by atoms with Gasteiger partial charge in [0.15, 0.2) is 0 Å². The third kappa shape index (κ3) is 2.98. The van der Waals surface area contributed by atoms with Gasteiger partial charge in [0.05, 0.1) is 13.7 Å². The summed E-state index contributed by atoms with van der Waals surface area (Å²) in [6.07, 6.45) is 5.30. The molecule has 0 bridgehead atoms. The summed E-state index contributed by atoms with van der Waals surface area (Å²) in [6, 6.07) is 5.30. The van der Waals surface area contributed by atoms with Gasteiger partial charge in [-0.15, -0.1) is 0 Å². The Labute approximate surface area is 127 Å². The molecule has 3 rings (SSSR count). The van der Waals surface area contributed by atoms with Crippen molar-refractivity contribution in [3.05, 3.63) is 42.5 Å². The highest BCUT2D eigenvalue weighted by atomic mass is 16.5. The molecule has 0 radical (unpaired) electrons. The molecule has 0 spiro atoms. The highest BCUT2D eigenvalue weighted by Crippen LogP contribution is 2.24. The molecular weight excluding hydrogens is 284 g/mol. The third-order valence-electron chi connectivity index (χ3n) is 3.42. The fourth-order valence-electron chi connectivity index (χ4n) is 2.35. The van der Waals surface area contributed by atoms with Crippen LogP contribution in [-0.2, 0) is 0 Å². The number of carbonyl (C=O) groups excluding carboxylic acids is 1. The molecule has 7 heteroatoms. The van der Waals surface area contributed by atoms with Crippen molar-refractivity contribution in [1.29, 1.82) is 0 Å². The normalized spacial score (nSPS) is 17.3. The van der Waals surface area contributed by atoms with Gasteiger partial charge in [0, 0.05) is 31.6 Å². The first kappa shape index (κ1) is 14.2. The molecule has 1 aliphatic heterocycles. The lowest BCUT2D eigenvalue weighted by Gasteiger charge is -2.17. The number of aromatic nitrogens is 3. The maximum atomic E-state index is 12.3. The lowest BCUT2D eigenvalue weighted by atomic mass is 10.3. The van der Waals surface area contributed by atoms with E-state index in [9.17, 15) is 4.79 Å². The topological polar surface area (TPSA) is 77.4 Å². The van der Waals surface area contributed by atoms with Crippen LogP contribution in [0.5, 0.6) is 11.8 Å². The zero-order chi connectivity index (χ0) is 15.4. The molecule has 0 saturated carbocycles. The lowest BCUT2D eigenvalue weighted by molar-refractivity contribution is 0.0764. The van der Waals surface area contributed by atoms with Gasteiger partial charge in [0.1, 0.15) is 11.8 Å². The Morgan fingerprint density at radius 3 is 2.73 bits per heavy atom. The zero-order valence-corrected chi connectivity index (χ0v) is 12.2. The number of rotatable bonds is 4. The summed E-state index contributed by atoms with van der Waals surface area (Å²) in [5, 5.41) is 0. The molecule has 1 atom stereocenters. The highest BCUT2D eigenvalue weighted by Gasteiger charge is 2.29. The van der Waals surface area contributed by atoms with Crippen LogP contribution in [0.25, 0.3) is 0 Å². The van der Waals surface area contributed by atoms with Crippen LogP contribution in [0.1, 0.15) is 16.9 Å². The molecule has 1 fully saturated rings. The fourth-order valence-corrected chi connectivity index (χ4v) is 2.35. The molecule has 0 aromatic carbocycles. The number of pyridine rings is 1. The van der Waals surface area contributed by atoms with Crippen LogP contribution in [0.2, 0.25) is 0 Å². The number of amides is 1. The van der Waals surface area contributed by atoms with E-state index in [1.165, 1.54) is 13.3 Å². The predicted octanol–water partition coefficient (Wildman–Crippen LogP) is 1.17. The van der Waals surface area contributed by atoms with E-state index in [1.54, 1.807) is 35.5 Å². The Kier molecular flexibility index (Phi) is 4.13. The maximum absolute atomic E-state index is 12.3. The number of carbonyl (C=O) groups is 1. The van der Waals surface area contributed by atoms with E-state index in [0.29, 0.717) is 30.5 Å². The van der Waals surface area contributed by atoms with Gasteiger partial charge in [-0.25, -0.2) is 9.97 Å². The van der Waals surface area contributed by atoms with E-state index in [-0.39, 0.29) is 12.0 Å². The van der Waals surface area contributed by atoms with Crippen molar-refractivity contribution in [1.82, 2.24) is 19.9 Å². The van der Waals surface area contributed by atoms with Crippen LogP contribution >= 0.6 is 0 Å². The van der Waals surface area contributed by atoms with Crippen molar-refractivity contribution in [3.63, 3.8) is 0 Å². The summed E-state index contributed by atoms with van der Waals surface area (Å²) in [5.74, 6) is 0.608. The molecule has 1 aliphatic rings. The van der Waals surface area contributed by atoms with E-state index in [1.807, 2.05) is 0 Å². The van der Waals surface area contributed by atoms with Crippen LogP contribution < -0.4 is 9.47 Å². The first-order valence-corrected chi connectivity index (χ1v) is 7.00. The first-order valence-electron chi connectivity index (χ1n) is 7.00. The molecule has 3 heterocycles. The van der Waals surface area contributed by atoms with Gasteiger partial charge in [0.2, 0.25) is 0 Å². The quantitative estimate of drug-likeness (QED) is 0.843. The number of likely N-dealkylation sites (tertiary alicyclic amines) is 1. The van der Waals surface area contributed by atoms with Crippen LogP contribution in [0, 0.1) is 0 Å². The Balaban J connectivity index is 1.64. The summed E-state index contributed by atoms with van der Waals surface area (Å²) in [5.41, 5.74) is 0.445. The van der Waals surface area contributed by atoms with Gasteiger partial charge < -0.3 is 14.4 Å². The molecule has 0 N–H and O–H groups in total. The number of methoxy groups -OCH3 is 1. The van der Waals surface area contributed by atoms with E-state index in [4.69, 9.17) is 9.47 Å². The SMILES string of the molecule is COc1nccnc1OC1CCN(C(=O)c2ccccn2)C1. The average molecular weight is 300 g/mol. The maximum Gasteiger partial charge on any atom is 0.278 e. The molecular formula is C15H16N4O3. The molecule has 2 aromatic rings. The lowest BCUT2D eigenvalue weighted by Crippen LogP contribution is -2.31. The summed E-state index contributed by atoms with van der Waals surface area (Å²) >= 11 is 0. The van der Waals surface area contributed by atoms with Gasteiger partial charge in [-0.1, -0.05) is 6.07 Å². The summed E-state index contributed by atoms with van der Waals surface area (Å²) in [7, 11) is 1.52. The molecule has 1 unspecified atom stereocenters. The van der Waals surface area contributed by atoms with Crippen LogP contribution in [-0.4, -0.2) is 52.1 Å². The number of ether oxygens (including phenoxy) is 2. The Hall–Kier alpha value is -2.70. The minimum Gasteiger partial charge on any atom is -0.477 e. The molecule has 1 amide bonds. The minimum atomic E-state index is -0.127. The number of nitrogens with zero attached hydrogens (tertiary/aromatic N) is 4. The van der Waals surface area contributed by atoms with Crippen molar-refractivity contribution in [3.8, 4) is 11.8 Å². The molecule has 22 heavy (non-hydrogen) atoms. The van der Waals surface area contributed by atoms with Gasteiger partial charge in [0.25, 0.3) is 17.7 Å². The van der Waals surface area contributed by atoms with Crippen LogP contribution in [0.4, 0.5) is 0 Å². The summed E-state index contributed by atoms with van der Waals surface area (Å²) in [4.78, 5) is 26.3. The Morgan fingerprint density at radius 1 is 1.18 bits per heavy atom. The third-order valence-corrected chi connectivity index (χ3v) is 3.42. The monoisotopic (exact) mass is 300 g/mol. The smallest absolute Gasteiger partial charge is 0.278 e. The molecule has 0 aliphatic carbocycles. The summed E-state index contributed by atoms with van der Waals surface area (Å²) in [6.45, 7) is 1.12. The van der Waals surface area contributed by atoms with Crippen LogP contribution in [0.15, 0.2) is 36.8 Å². The second-order valence-corrected chi connectivity index (χ2v) is 4.87. The molecule has 2 aromatic heterocycles. The van der Waals surface area contributed by atoms with Crippen molar-refractivity contribution in [2.24, 2.45) is 0 Å². The minimum absolute atomic E-state index is 0.0854. The largest absolute Gasteiger partial charge is 0.477 e. The van der Waals surface area contributed by atoms with E-state index < -0.39 is 0 Å². The van der Waals surface area contributed by atoms with Crippen molar-refractivity contribution < 1.29 is 14.3 Å². The molecule has 114 valence electrons. The Morgan fingerprint density at radius 2 is 2.00 bits per heavy atom. The second-order valence-electron chi connectivity index (χ2n) is 4.87. The fraction of sp³-hybridized carbons (Fsp3) is 0.333. The van der Waals surface area contributed by atoms with E-state index in [2.05, 4.69) is 15.0 Å². The van der Waals surface area contributed by atoms with Crippen molar-refractivity contribution in [2.75, 3.05) is 20.2 Å². The molecule has 1 saturated heterocycles. The Bertz CT molecular complexity index is 650. The van der Waals surface area contributed by atoms with Crippen LogP contribution in [0.3, 0.4) is 0 Å². The van der Waals surface area contributed by atoms with E-state index in [0.717, 1.165) is 6.42 Å². The molecule has 7 nitrogen and oxygen atoms in total. The van der Waals surface area contributed by atoms with Crippen molar-refractivity contribution >= 4 is 5.91 Å². The first-order chi connectivity index (χ1) is 10.8. The number of hydrogen-bond donors (Lipinski definition) is 0. The second kappa shape index (κ2) is 6.38. The predicted molar refractivity (Wildman–Crippen MR) is 77.8 cm³/mol. The highest BCUT2D eigenvalue weighted by molar-refractivity contribution is 5.92. The van der Waals surface area contributed by atoms with Gasteiger partial charge in [-0.2, -0.15) is 0 Å². The van der Waals surface area contributed by atoms with Crippen molar-refractivity contribution in [2.45, 2.75) is 12.5 Å². The van der Waals surface area contributed by atoms with Gasteiger partial charge >= 0.3 is 0 Å². The number of hydrogen-bond acceptors (Lipinski definition) is 6. The average Bonchev–Trinajstić information content (AvgIpc) is 3.04.